The number of nitrogens with zero attached hydrogens (tertiary/aromatic N) is 2. The lowest BCUT2D eigenvalue weighted by Gasteiger charge is -2.36. The highest BCUT2D eigenvalue weighted by molar-refractivity contribution is 6.11. The van der Waals surface area contributed by atoms with E-state index in [-0.39, 0.29) is 24.2 Å². The second-order valence-corrected chi connectivity index (χ2v) is 8.72. The summed E-state index contributed by atoms with van der Waals surface area (Å²) in [5.41, 5.74) is 2.73. The van der Waals surface area contributed by atoms with Crippen molar-refractivity contribution >= 4 is 17.7 Å². The minimum atomic E-state index is -0.834. The molecule has 2 atom stereocenters. The fraction of sp³-hybridized carbons (Fsp3) is 0.458. The molecule has 2 unspecified atom stereocenters. The third-order valence-corrected chi connectivity index (χ3v) is 6.86. The Labute approximate surface area is 177 Å². The van der Waals surface area contributed by atoms with Crippen molar-refractivity contribution in [2.45, 2.75) is 58.5 Å². The average Bonchev–Trinajstić information content (AvgIpc) is 3.14. The van der Waals surface area contributed by atoms with Crippen LogP contribution in [0.2, 0.25) is 0 Å². The van der Waals surface area contributed by atoms with E-state index in [9.17, 15) is 14.4 Å². The van der Waals surface area contributed by atoms with Crippen LogP contribution in [-0.2, 0) is 11.3 Å². The molecule has 2 aliphatic rings. The van der Waals surface area contributed by atoms with Crippen molar-refractivity contribution in [3.8, 4) is 0 Å². The van der Waals surface area contributed by atoms with Crippen LogP contribution in [0.15, 0.2) is 36.4 Å². The first kappa shape index (κ1) is 20.4. The maximum atomic E-state index is 13.2. The number of Topliss-reactive ketones (excluding diaryl/α,β-unsaturated/α-hetero) is 1. The summed E-state index contributed by atoms with van der Waals surface area (Å²) in [5.74, 6) is -0.365. The number of ketones is 1. The van der Waals surface area contributed by atoms with Gasteiger partial charge >= 0.3 is 6.03 Å². The van der Waals surface area contributed by atoms with Crippen LogP contribution in [0.1, 0.15) is 59.9 Å². The van der Waals surface area contributed by atoms with Crippen molar-refractivity contribution < 1.29 is 14.4 Å². The molecule has 0 bridgehead atoms. The van der Waals surface area contributed by atoms with Crippen LogP contribution in [0.3, 0.4) is 0 Å². The minimum absolute atomic E-state index is 0.0822. The molecule has 30 heavy (non-hydrogen) atoms. The van der Waals surface area contributed by atoms with Crippen molar-refractivity contribution in [2.24, 2.45) is 5.92 Å². The maximum Gasteiger partial charge on any atom is 0.325 e. The summed E-state index contributed by atoms with van der Waals surface area (Å²) in [4.78, 5) is 40.0. The van der Waals surface area contributed by atoms with Gasteiger partial charge in [0, 0.05) is 23.5 Å². The lowest BCUT2D eigenvalue weighted by atomic mass is 9.73. The van der Waals surface area contributed by atoms with Gasteiger partial charge in [-0.3, -0.25) is 14.5 Å². The summed E-state index contributed by atoms with van der Waals surface area (Å²) < 4.78 is 2.10. The highest BCUT2D eigenvalue weighted by Crippen LogP contribution is 2.38. The zero-order valence-electron chi connectivity index (χ0n) is 17.9. The second-order valence-electron chi connectivity index (χ2n) is 8.72. The Balaban J connectivity index is 1.54. The van der Waals surface area contributed by atoms with Gasteiger partial charge in [0.1, 0.15) is 5.54 Å². The monoisotopic (exact) mass is 407 g/mol. The van der Waals surface area contributed by atoms with Crippen LogP contribution < -0.4 is 5.32 Å². The van der Waals surface area contributed by atoms with Gasteiger partial charge in [0.15, 0.2) is 5.78 Å². The van der Waals surface area contributed by atoms with Crippen LogP contribution in [0.4, 0.5) is 4.79 Å². The van der Waals surface area contributed by atoms with Crippen molar-refractivity contribution in [3.63, 3.8) is 0 Å². The molecule has 6 nitrogen and oxygen atoms in total. The smallest absolute Gasteiger partial charge is 0.325 e. The summed E-state index contributed by atoms with van der Waals surface area (Å²) in [7, 11) is 0. The Morgan fingerprint density at radius 3 is 2.60 bits per heavy atom. The first-order valence-electron chi connectivity index (χ1n) is 10.7. The fourth-order valence-corrected chi connectivity index (χ4v) is 4.96. The summed E-state index contributed by atoms with van der Waals surface area (Å²) in [6.07, 6.45) is 3.54. The van der Waals surface area contributed by atoms with Crippen LogP contribution in [0, 0.1) is 19.8 Å². The average molecular weight is 408 g/mol. The zero-order chi connectivity index (χ0) is 21.5. The number of urea groups is 1. The fourth-order valence-electron chi connectivity index (χ4n) is 4.96. The zero-order valence-corrected chi connectivity index (χ0v) is 17.9. The molecule has 1 aromatic carbocycles. The van der Waals surface area contributed by atoms with E-state index in [0.717, 1.165) is 41.1 Å². The Morgan fingerprint density at radius 1 is 1.17 bits per heavy atom. The molecule has 1 spiro atoms. The highest BCUT2D eigenvalue weighted by Gasteiger charge is 2.55. The lowest BCUT2D eigenvalue weighted by Crippen LogP contribution is -2.54. The maximum absolute atomic E-state index is 13.2. The molecule has 158 valence electrons. The number of aromatic nitrogens is 1. The van der Waals surface area contributed by atoms with Gasteiger partial charge in [0.25, 0.3) is 5.91 Å². The number of carbonyl (C=O) groups is 3. The van der Waals surface area contributed by atoms with E-state index in [1.165, 1.54) is 0 Å². The van der Waals surface area contributed by atoms with Crippen LogP contribution in [0.25, 0.3) is 0 Å². The van der Waals surface area contributed by atoms with E-state index >= 15 is 0 Å². The molecule has 2 heterocycles. The topological polar surface area (TPSA) is 71.4 Å². The Hall–Kier alpha value is -2.89. The summed E-state index contributed by atoms with van der Waals surface area (Å²) in [6, 6.07) is 11.5. The van der Waals surface area contributed by atoms with Gasteiger partial charge in [0.05, 0.1) is 6.54 Å². The van der Waals surface area contributed by atoms with Gasteiger partial charge in [-0.1, -0.05) is 50.1 Å². The molecular weight excluding hydrogens is 378 g/mol. The SMILES string of the molecule is Cc1cc(C(=O)CN2C(=O)NC3(CCCCC3C)C2=O)c(C)n1Cc1ccccc1. The van der Waals surface area contributed by atoms with Gasteiger partial charge < -0.3 is 9.88 Å². The molecule has 1 N–H and O–H groups in total. The van der Waals surface area contributed by atoms with Crippen LogP contribution >= 0.6 is 0 Å². The van der Waals surface area contributed by atoms with Crippen molar-refractivity contribution in [1.82, 2.24) is 14.8 Å². The molecule has 1 aliphatic heterocycles. The minimum Gasteiger partial charge on any atom is -0.344 e. The number of rotatable bonds is 5. The predicted molar refractivity (Wildman–Crippen MR) is 114 cm³/mol. The molecule has 1 saturated carbocycles. The first-order valence-corrected chi connectivity index (χ1v) is 10.7. The molecule has 4 rings (SSSR count). The molecule has 1 aromatic heterocycles. The van der Waals surface area contributed by atoms with Crippen molar-refractivity contribution in [2.75, 3.05) is 6.54 Å². The van der Waals surface area contributed by atoms with Gasteiger partial charge in [-0.05, 0) is 44.2 Å². The van der Waals surface area contributed by atoms with Crippen LogP contribution in [0.5, 0.6) is 0 Å². The number of hydrogen-bond acceptors (Lipinski definition) is 3. The molecular formula is C24H29N3O3. The number of amides is 3. The standard InChI is InChI=1S/C24H29N3O3/c1-16-9-7-8-12-24(16)22(29)27(23(30)25-24)15-21(28)20-13-17(2)26(18(20)3)14-19-10-5-4-6-11-19/h4-6,10-11,13,16H,7-9,12,14-15H2,1-3H3,(H,25,30). The predicted octanol–water partition coefficient (Wildman–Crippen LogP) is 3.84. The van der Waals surface area contributed by atoms with Crippen molar-refractivity contribution in [1.29, 1.82) is 0 Å². The number of carbonyl (C=O) groups excluding carboxylic acids is 3. The van der Waals surface area contributed by atoms with Gasteiger partial charge in [0.2, 0.25) is 0 Å². The van der Waals surface area contributed by atoms with Crippen LogP contribution in [-0.4, -0.2) is 39.3 Å². The number of aryl methyl sites for hydroxylation is 1. The number of benzene rings is 1. The molecule has 2 fully saturated rings. The van der Waals surface area contributed by atoms with E-state index in [0.29, 0.717) is 18.5 Å². The van der Waals surface area contributed by atoms with Crippen molar-refractivity contribution in [3.05, 3.63) is 58.9 Å². The van der Waals surface area contributed by atoms with Gasteiger partial charge in [-0.2, -0.15) is 0 Å². The van der Waals surface area contributed by atoms with E-state index in [1.54, 1.807) is 0 Å². The van der Waals surface area contributed by atoms with Gasteiger partial charge in [-0.15, -0.1) is 0 Å². The Morgan fingerprint density at radius 2 is 1.90 bits per heavy atom. The van der Waals surface area contributed by atoms with Gasteiger partial charge in [-0.25, -0.2) is 4.79 Å². The van der Waals surface area contributed by atoms with E-state index < -0.39 is 11.6 Å². The largest absolute Gasteiger partial charge is 0.344 e. The molecule has 1 saturated heterocycles. The van der Waals surface area contributed by atoms with E-state index in [1.807, 2.05) is 45.0 Å². The third kappa shape index (κ3) is 3.34. The summed E-state index contributed by atoms with van der Waals surface area (Å²) >= 11 is 0. The Kier molecular flexibility index (Phi) is 5.26. The highest BCUT2D eigenvalue weighted by atomic mass is 16.2. The lowest BCUT2D eigenvalue weighted by molar-refractivity contribution is -0.133. The second kappa shape index (κ2) is 7.74. The van der Waals surface area contributed by atoms with E-state index in [4.69, 9.17) is 0 Å². The third-order valence-electron chi connectivity index (χ3n) is 6.86. The summed E-state index contributed by atoms with van der Waals surface area (Å²) in [5, 5.41) is 2.92. The molecule has 3 amide bonds. The quantitative estimate of drug-likeness (QED) is 0.605. The normalized spacial score (nSPS) is 23.8. The molecule has 6 heteroatoms. The first-order chi connectivity index (χ1) is 14.3. The summed E-state index contributed by atoms with van der Waals surface area (Å²) in [6.45, 7) is 6.36. The number of imide groups is 1. The number of nitrogens with one attached hydrogen (secondary N) is 1. The number of hydrogen-bond donors (Lipinski definition) is 1. The Bertz CT molecular complexity index is 995. The molecule has 1 aliphatic carbocycles. The molecule has 2 aromatic rings. The molecule has 0 radical (unpaired) electrons. The van der Waals surface area contributed by atoms with E-state index in [2.05, 4.69) is 22.0 Å².